The van der Waals surface area contributed by atoms with Crippen LogP contribution >= 0.6 is 11.3 Å². The summed E-state index contributed by atoms with van der Waals surface area (Å²) < 4.78 is 4.98. The fourth-order valence-corrected chi connectivity index (χ4v) is 2.62. The molecule has 0 aromatic carbocycles. The van der Waals surface area contributed by atoms with Crippen LogP contribution in [0.15, 0.2) is 5.51 Å². The number of rotatable bonds is 7. The molecule has 0 radical (unpaired) electrons. The summed E-state index contributed by atoms with van der Waals surface area (Å²) in [5.41, 5.74) is 2.07. The van der Waals surface area contributed by atoms with Crippen LogP contribution < -0.4 is 5.32 Å². The third-order valence-electron chi connectivity index (χ3n) is 3.41. The largest absolute Gasteiger partial charge is 0.461 e. The van der Waals surface area contributed by atoms with E-state index in [1.807, 2.05) is 0 Å². The monoisotopic (exact) mass is 283 g/mol. The number of likely N-dealkylation sites (N-methyl/N-ethyl adjacent to an activating group) is 1. The van der Waals surface area contributed by atoms with Crippen LogP contribution in [0.5, 0.6) is 0 Å². The van der Waals surface area contributed by atoms with Gasteiger partial charge in [0.25, 0.3) is 0 Å². The van der Waals surface area contributed by atoms with E-state index in [1.54, 1.807) is 12.4 Å². The maximum Gasteiger partial charge on any atom is 0.360 e. The molecule has 1 heterocycles. The number of esters is 1. The van der Waals surface area contributed by atoms with E-state index in [1.165, 1.54) is 24.2 Å². The van der Waals surface area contributed by atoms with Crippen molar-refractivity contribution in [3.05, 3.63) is 11.2 Å². The van der Waals surface area contributed by atoms with Crippen LogP contribution in [0, 0.1) is 0 Å². The molecule has 0 amide bonds. The Hall–Kier alpha value is -1.14. The molecule has 1 fully saturated rings. The third-order valence-corrected chi connectivity index (χ3v) is 4.20. The van der Waals surface area contributed by atoms with Crippen molar-refractivity contribution in [1.82, 2.24) is 9.88 Å². The molecule has 1 unspecified atom stereocenters. The minimum absolute atomic E-state index is 0.352. The summed E-state index contributed by atoms with van der Waals surface area (Å²) in [6.45, 7) is 5.17. The number of ether oxygens (including phenoxy) is 1. The van der Waals surface area contributed by atoms with Crippen molar-refractivity contribution in [2.45, 2.75) is 38.8 Å². The number of aromatic nitrogens is 1. The lowest BCUT2D eigenvalue weighted by molar-refractivity contribution is 0.0521. The number of anilines is 1. The maximum atomic E-state index is 11.7. The predicted molar refractivity (Wildman–Crippen MR) is 76.8 cm³/mol. The Kier molecular flexibility index (Phi) is 4.76. The third kappa shape index (κ3) is 3.67. The summed E-state index contributed by atoms with van der Waals surface area (Å²) in [5, 5.41) is 4.11. The van der Waals surface area contributed by atoms with Crippen molar-refractivity contribution in [3.8, 4) is 0 Å². The van der Waals surface area contributed by atoms with Gasteiger partial charge in [0.2, 0.25) is 0 Å². The van der Waals surface area contributed by atoms with Crippen molar-refractivity contribution < 1.29 is 9.53 Å². The molecule has 1 aliphatic rings. The van der Waals surface area contributed by atoms with Gasteiger partial charge in [-0.25, -0.2) is 9.78 Å². The van der Waals surface area contributed by atoms with Gasteiger partial charge in [0.05, 0.1) is 12.1 Å². The van der Waals surface area contributed by atoms with Gasteiger partial charge in [0.15, 0.2) is 5.69 Å². The molecule has 1 saturated carbocycles. The molecule has 1 aliphatic carbocycles. The van der Waals surface area contributed by atoms with E-state index in [0.717, 1.165) is 17.6 Å². The van der Waals surface area contributed by atoms with Crippen LogP contribution in [0.4, 0.5) is 5.00 Å². The molecular formula is C13H21N3O2S. The summed E-state index contributed by atoms with van der Waals surface area (Å²) in [4.78, 5) is 18.2. The van der Waals surface area contributed by atoms with Gasteiger partial charge in [0.1, 0.15) is 5.00 Å². The first-order chi connectivity index (χ1) is 9.13. The van der Waals surface area contributed by atoms with Crippen LogP contribution in [0.25, 0.3) is 0 Å². The van der Waals surface area contributed by atoms with Crippen LogP contribution in [0.1, 0.15) is 37.2 Å². The van der Waals surface area contributed by atoms with E-state index in [4.69, 9.17) is 4.74 Å². The highest BCUT2D eigenvalue weighted by atomic mass is 32.1. The van der Waals surface area contributed by atoms with Crippen LogP contribution in [-0.2, 0) is 4.74 Å². The van der Waals surface area contributed by atoms with Crippen molar-refractivity contribution in [3.63, 3.8) is 0 Å². The van der Waals surface area contributed by atoms with Crippen molar-refractivity contribution >= 4 is 22.3 Å². The second-order valence-electron chi connectivity index (χ2n) is 4.88. The minimum atomic E-state index is -0.352. The second kappa shape index (κ2) is 6.34. The number of hydrogen-bond donors (Lipinski definition) is 1. The quantitative estimate of drug-likeness (QED) is 0.778. The Morgan fingerprint density at radius 3 is 3.05 bits per heavy atom. The van der Waals surface area contributed by atoms with E-state index in [0.29, 0.717) is 18.3 Å². The zero-order valence-corrected chi connectivity index (χ0v) is 12.5. The van der Waals surface area contributed by atoms with Crippen molar-refractivity contribution in [1.29, 1.82) is 0 Å². The van der Waals surface area contributed by atoms with Gasteiger partial charge in [-0.2, -0.15) is 0 Å². The van der Waals surface area contributed by atoms with Gasteiger partial charge < -0.3 is 10.1 Å². The van der Waals surface area contributed by atoms with Crippen LogP contribution in [0.3, 0.4) is 0 Å². The normalized spacial score (nSPS) is 16.4. The molecule has 1 atom stereocenters. The van der Waals surface area contributed by atoms with E-state index in [2.05, 4.69) is 29.2 Å². The average Bonchev–Trinajstić information content (AvgIpc) is 3.13. The predicted octanol–water partition coefficient (Wildman–Crippen LogP) is 2.21. The molecule has 1 N–H and O–H groups in total. The summed E-state index contributed by atoms with van der Waals surface area (Å²) in [5.74, 6) is -0.352. The molecule has 5 nitrogen and oxygen atoms in total. The molecule has 0 saturated heterocycles. The lowest BCUT2D eigenvalue weighted by atomic mass is 10.3. The van der Waals surface area contributed by atoms with E-state index in [9.17, 15) is 4.79 Å². The Bertz CT molecular complexity index is 431. The number of carbonyl (C=O) groups excluding carboxylic acids is 1. The van der Waals surface area contributed by atoms with E-state index >= 15 is 0 Å². The van der Waals surface area contributed by atoms with E-state index < -0.39 is 0 Å². The van der Waals surface area contributed by atoms with E-state index in [-0.39, 0.29) is 5.97 Å². The number of thiazole rings is 1. The molecule has 1 aromatic heterocycles. The second-order valence-corrected chi connectivity index (χ2v) is 5.73. The molecule has 0 aliphatic heterocycles. The molecule has 19 heavy (non-hydrogen) atoms. The smallest absolute Gasteiger partial charge is 0.360 e. The summed E-state index contributed by atoms with van der Waals surface area (Å²) in [6, 6.07) is 1.17. The number of carbonyl (C=O) groups is 1. The lowest BCUT2D eigenvalue weighted by Gasteiger charge is -2.24. The highest BCUT2D eigenvalue weighted by Gasteiger charge is 2.29. The average molecular weight is 283 g/mol. The Labute approximate surface area is 118 Å². The Balaban J connectivity index is 1.88. The molecule has 2 rings (SSSR count). The molecular weight excluding hydrogens is 262 g/mol. The Morgan fingerprint density at radius 1 is 1.68 bits per heavy atom. The fourth-order valence-electron chi connectivity index (χ4n) is 1.94. The minimum Gasteiger partial charge on any atom is -0.461 e. The first-order valence-corrected chi connectivity index (χ1v) is 7.57. The van der Waals surface area contributed by atoms with Gasteiger partial charge in [-0.3, -0.25) is 4.90 Å². The summed E-state index contributed by atoms with van der Waals surface area (Å²) in [7, 11) is 2.16. The Morgan fingerprint density at radius 2 is 2.42 bits per heavy atom. The molecule has 6 heteroatoms. The van der Waals surface area contributed by atoms with Gasteiger partial charge in [-0.05, 0) is 33.7 Å². The zero-order valence-electron chi connectivity index (χ0n) is 11.7. The number of hydrogen-bond acceptors (Lipinski definition) is 6. The first-order valence-electron chi connectivity index (χ1n) is 6.69. The van der Waals surface area contributed by atoms with Crippen LogP contribution in [-0.4, -0.2) is 48.1 Å². The SMILES string of the molecule is CCOC(=O)c1ncsc1NCC(C)N(C)C1CC1. The molecule has 106 valence electrons. The first kappa shape index (κ1) is 14.3. The highest BCUT2D eigenvalue weighted by Crippen LogP contribution is 2.27. The zero-order chi connectivity index (χ0) is 13.8. The van der Waals surface area contributed by atoms with Crippen LogP contribution in [0.2, 0.25) is 0 Å². The molecule has 0 spiro atoms. The fraction of sp³-hybridized carbons (Fsp3) is 0.692. The maximum absolute atomic E-state index is 11.7. The van der Waals surface area contributed by atoms with Crippen molar-refractivity contribution in [2.24, 2.45) is 0 Å². The van der Waals surface area contributed by atoms with Crippen molar-refractivity contribution in [2.75, 3.05) is 25.5 Å². The molecule has 0 bridgehead atoms. The lowest BCUT2D eigenvalue weighted by Crippen LogP contribution is -2.36. The van der Waals surface area contributed by atoms with Gasteiger partial charge in [0, 0.05) is 18.6 Å². The van der Waals surface area contributed by atoms with Gasteiger partial charge in [-0.1, -0.05) is 0 Å². The summed E-state index contributed by atoms with van der Waals surface area (Å²) >= 11 is 1.44. The highest BCUT2D eigenvalue weighted by molar-refractivity contribution is 7.14. The van der Waals surface area contributed by atoms with Gasteiger partial charge in [-0.15, -0.1) is 11.3 Å². The standard InChI is InChI=1S/C13H21N3O2S/c1-4-18-13(17)11-12(19-8-15-11)14-7-9(2)16(3)10-5-6-10/h8-10,14H,4-7H2,1-3H3. The number of nitrogens with one attached hydrogen (secondary N) is 1. The van der Waals surface area contributed by atoms with Gasteiger partial charge >= 0.3 is 5.97 Å². The summed E-state index contributed by atoms with van der Waals surface area (Å²) in [6.07, 6.45) is 2.60. The topological polar surface area (TPSA) is 54.5 Å². The molecule has 1 aromatic rings. The number of nitrogens with zero attached hydrogens (tertiary/aromatic N) is 2.